The largest absolute Gasteiger partial charge is 0.465 e. The summed E-state index contributed by atoms with van der Waals surface area (Å²) in [5.41, 5.74) is 1.60. The van der Waals surface area contributed by atoms with E-state index in [0.29, 0.717) is 16.6 Å². The van der Waals surface area contributed by atoms with E-state index in [0.717, 1.165) is 5.52 Å². The Morgan fingerprint density at radius 3 is 2.59 bits per heavy atom. The molecule has 0 atom stereocenters. The molecule has 0 unspecified atom stereocenters. The maximum Gasteiger partial charge on any atom is 0.338 e. The number of nitrogens with one attached hydrogen (secondary N) is 2. The topological polar surface area (TPSA) is 119 Å². The molecule has 0 spiro atoms. The summed E-state index contributed by atoms with van der Waals surface area (Å²) in [5.74, 6) is -0.750. The highest BCUT2D eigenvalue weighted by Crippen LogP contribution is 2.22. The quantitative estimate of drug-likeness (QED) is 0.400. The molecule has 9 nitrogen and oxygen atoms in total. The summed E-state index contributed by atoms with van der Waals surface area (Å²) in [5, 5.41) is 5.37. The van der Waals surface area contributed by atoms with Crippen LogP contribution in [-0.2, 0) is 26.1 Å². The third-order valence-corrected chi connectivity index (χ3v) is 6.81. The molecule has 0 aliphatic heterocycles. The first-order chi connectivity index (χ1) is 15.4. The molecule has 0 radical (unpaired) electrons. The van der Waals surface area contributed by atoms with E-state index in [9.17, 15) is 18.0 Å². The van der Waals surface area contributed by atoms with Crippen LogP contribution >= 0.6 is 11.3 Å². The molecule has 2 aromatic carbocycles. The van der Waals surface area contributed by atoms with Gasteiger partial charge < -0.3 is 14.6 Å². The van der Waals surface area contributed by atoms with Crippen molar-refractivity contribution in [2.45, 2.75) is 11.4 Å². The van der Waals surface area contributed by atoms with Crippen LogP contribution in [0.1, 0.15) is 10.4 Å². The number of benzene rings is 2. The van der Waals surface area contributed by atoms with Crippen LogP contribution in [0.2, 0.25) is 0 Å². The first-order valence-corrected chi connectivity index (χ1v) is 11.7. The van der Waals surface area contributed by atoms with Gasteiger partial charge in [0.15, 0.2) is 5.13 Å². The monoisotopic (exact) mass is 470 g/mol. The van der Waals surface area contributed by atoms with Crippen LogP contribution in [0.5, 0.6) is 0 Å². The molecule has 0 saturated carbocycles. The number of hydrogen-bond acceptors (Lipinski definition) is 7. The second kappa shape index (κ2) is 8.81. The number of carbonyl (C=O) groups is 2. The van der Waals surface area contributed by atoms with Crippen LogP contribution in [0, 0.1) is 0 Å². The number of carbonyl (C=O) groups excluding carboxylic acids is 2. The van der Waals surface area contributed by atoms with Gasteiger partial charge in [-0.15, -0.1) is 11.3 Å². The van der Waals surface area contributed by atoms with Crippen molar-refractivity contribution in [1.82, 2.24) is 9.55 Å². The number of esters is 1. The lowest BCUT2D eigenvalue weighted by atomic mass is 10.1. The molecule has 4 rings (SSSR count). The zero-order valence-corrected chi connectivity index (χ0v) is 18.4. The van der Waals surface area contributed by atoms with E-state index in [4.69, 9.17) is 4.74 Å². The highest BCUT2D eigenvalue weighted by Gasteiger charge is 2.16. The highest BCUT2D eigenvalue weighted by atomic mass is 32.2. The van der Waals surface area contributed by atoms with Crippen molar-refractivity contribution in [3.63, 3.8) is 0 Å². The number of sulfonamides is 1. The van der Waals surface area contributed by atoms with E-state index in [1.54, 1.807) is 34.3 Å². The van der Waals surface area contributed by atoms with Crippen LogP contribution < -0.4 is 10.0 Å². The summed E-state index contributed by atoms with van der Waals surface area (Å²) in [6.07, 6.45) is 3.22. The third kappa shape index (κ3) is 4.48. The minimum Gasteiger partial charge on any atom is -0.465 e. The number of hydrogen-bond donors (Lipinski definition) is 2. The van der Waals surface area contributed by atoms with Crippen LogP contribution in [-0.4, -0.2) is 37.0 Å². The lowest BCUT2D eigenvalue weighted by molar-refractivity contribution is -0.116. The van der Waals surface area contributed by atoms with Crippen molar-refractivity contribution in [1.29, 1.82) is 0 Å². The number of aromatic nitrogens is 2. The Morgan fingerprint density at radius 1 is 1.12 bits per heavy atom. The zero-order chi connectivity index (χ0) is 22.7. The fourth-order valence-corrected chi connectivity index (χ4v) is 4.96. The molecule has 0 bridgehead atoms. The molecule has 164 valence electrons. The second-order valence-corrected chi connectivity index (χ2v) is 9.27. The number of thiazole rings is 1. The number of nitrogens with zero attached hydrogens (tertiary/aromatic N) is 2. The molecule has 11 heteroatoms. The molecular formula is C21H18N4O5S2. The zero-order valence-electron chi connectivity index (χ0n) is 16.8. The van der Waals surface area contributed by atoms with Gasteiger partial charge in [0.1, 0.15) is 6.54 Å². The standard InChI is InChI=1S/C21H18N4O5S2/c1-30-20(27)17-3-2-4-18-16(17)9-11-25(18)13-19(26)23-14-5-7-15(8-6-14)32(28,29)24-21-22-10-12-31-21/h2-12H,13H2,1H3,(H,22,24)(H,23,26). The first kappa shape index (κ1) is 21.5. The molecule has 2 aromatic heterocycles. The normalized spacial score (nSPS) is 11.3. The summed E-state index contributed by atoms with van der Waals surface area (Å²) in [4.78, 5) is 28.4. The van der Waals surface area contributed by atoms with E-state index in [2.05, 4.69) is 15.0 Å². The van der Waals surface area contributed by atoms with Crippen molar-refractivity contribution in [3.8, 4) is 0 Å². The number of methoxy groups -OCH3 is 1. The molecular weight excluding hydrogens is 452 g/mol. The Hall–Kier alpha value is -3.70. The molecule has 2 N–H and O–H groups in total. The lowest BCUT2D eigenvalue weighted by Gasteiger charge is -2.09. The van der Waals surface area contributed by atoms with E-state index in [1.165, 1.54) is 48.9 Å². The first-order valence-electron chi connectivity index (χ1n) is 9.36. The summed E-state index contributed by atoms with van der Waals surface area (Å²) in [7, 11) is -2.45. The lowest BCUT2D eigenvalue weighted by Crippen LogP contribution is -2.18. The minimum absolute atomic E-state index is 0.0137. The summed E-state index contributed by atoms with van der Waals surface area (Å²) in [6.45, 7) is 0.0137. The van der Waals surface area contributed by atoms with E-state index < -0.39 is 16.0 Å². The second-order valence-electron chi connectivity index (χ2n) is 6.69. The van der Waals surface area contributed by atoms with Crippen LogP contribution in [0.15, 0.2) is 71.2 Å². The van der Waals surface area contributed by atoms with Gasteiger partial charge in [-0.2, -0.15) is 0 Å². The Balaban J connectivity index is 1.45. The smallest absolute Gasteiger partial charge is 0.338 e. The summed E-state index contributed by atoms with van der Waals surface area (Å²) < 4.78 is 33.7. The Kier molecular flexibility index (Phi) is 5.93. The maximum absolute atomic E-state index is 12.5. The average Bonchev–Trinajstić information content (AvgIpc) is 3.43. The van der Waals surface area contributed by atoms with Crippen LogP contribution in [0.25, 0.3) is 10.9 Å². The van der Waals surface area contributed by atoms with E-state index in [1.807, 2.05) is 6.07 Å². The fourth-order valence-electron chi connectivity index (χ4n) is 3.17. The predicted octanol–water partition coefficient (Wildman–Crippen LogP) is 3.32. The Labute approximate surface area is 187 Å². The molecule has 0 aliphatic carbocycles. The van der Waals surface area contributed by atoms with Gasteiger partial charge in [0, 0.05) is 34.4 Å². The van der Waals surface area contributed by atoms with Gasteiger partial charge in [0.2, 0.25) is 5.91 Å². The molecule has 0 fully saturated rings. The van der Waals surface area contributed by atoms with Crippen LogP contribution in [0.4, 0.5) is 10.8 Å². The van der Waals surface area contributed by atoms with Gasteiger partial charge in [-0.05, 0) is 42.5 Å². The fraction of sp³-hybridized carbons (Fsp3) is 0.0952. The number of rotatable bonds is 7. The molecule has 2 heterocycles. The van der Waals surface area contributed by atoms with Gasteiger partial charge in [-0.3, -0.25) is 9.52 Å². The van der Waals surface area contributed by atoms with Crippen molar-refractivity contribution in [2.75, 3.05) is 17.1 Å². The van der Waals surface area contributed by atoms with Gasteiger partial charge in [-0.1, -0.05) is 6.07 Å². The average molecular weight is 471 g/mol. The van der Waals surface area contributed by atoms with Crippen molar-refractivity contribution < 1.29 is 22.7 Å². The van der Waals surface area contributed by atoms with Gasteiger partial charge >= 0.3 is 5.97 Å². The molecule has 32 heavy (non-hydrogen) atoms. The summed E-state index contributed by atoms with van der Waals surface area (Å²) >= 11 is 1.18. The molecule has 0 saturated heterocycles. The molecule has 4 aromatic rings. The SMILES string of the molecule is COC(=O)c1cccc2c1ccn2CC(=O)Nc1ccc(S(=O)(=O)Nc2nccs2)cc1. The van der Waals surface area contributed by atoms with E-state index in [-0.39, 0.29) is 22.5 Å². The van der Waals surface area contributed by atoms with Gasteiger partial charge in [-0.25, -0.2) is 18.2 Å². The van der Waals surface area contributed by atoms with E-state index >= 15 is 0 Å². The molecule has 1 amide bonds. The third-order valence-electron chi connectivity index (χ3n) is 4.64. The van der Waals surface area contributed by atoms with Gasteiger partial charge in [0.25, 0.3) is 10.0 Å². The maximum atomic E-state index is 12.5. The Bertz CT molecular complexity index is 1380. The minimum atomic E-state index is -3.76. The number of amides is 1. The number of fused-ring (bicyclic) bond motifs is 1. The number of anilines is 2. The number of ether oxygens (including phenoxy) is 1. The van der Waals surface area contributed by atoms with Crippen LogP contribution in [0.3, 0.4) is 0 Å². The van der Waals surface area contributed by atoms with Gasteiger partial charge in [0.05, 0.1) is 17.6 Å². The molecule has 0 aliphatic rings. The van der Waals surface area contributed by atoms with Crippen molar-refractivity contribution in [2.24, 2.45) is 0 Å². The Morgan fingerprint density at radius 2 is 1.91 bits per heavy atom. The highest BCUT2D eigenvalue weighted by molar-refractivity contribution is 7.93. The summed E-state index contributed by atoms with van der Waals surface area (Å²) in [6, 6.07) is 12.8. The van der Waals surface area contributed by atoms with Crippen molar-refractivity contribution >= 4 is 55.0 Å². The predicted molar refractivity (Wildman–Crippen MR) is 121 cm³/mol. The van der Waals surface area contributed by atoms with Crippen molar-refractivity contribution in [3.05, 3.63) is 71.9 Å².